The number of thiazole rings is 1. The van der Waals surface area contributed by atoms with Crippen LogP contribution in [0.5, 0.6) is 0 Å². The average molecular weight is 446 g/mol. The molecule has 5 rings (SSSR count). The highest BCUT2D eigenvalue weighted by Crippen LogP contribution is 2.41. The fraction of sp³-hybridized carbons (Fsp3) is 0.524. The van der Waals surface area contributed by atoms with Gasteiger partial charge in [-0.3, -0.25) is 19.3 Å². The number of amides is 3. The van der Waals surface area contributed by atoms with E-state index in [-0.39, 0.29) is 29.6 Å². The van der Waals surface area contributed by atoms with Crippen LogP contribution in [0.4, 0.5) is 5.69 Å². The van der Waals surface area contributed by atoms with Crippen LogP contribution < -0.4 is 4.90 Å². The number of morpholine rings is 1. The highest BCUT2D eigenvalue weighted by atomic mass is 32.2. The zero-order valence-electron chi connectivity index (χ0n) is 16.5. The molecule has 1 aromatic carbocycles. The van der Waals surface area contributed by atoms with E-state index in [0.717, 1.165) is 40.2 Å². The summed E-state index contributed by atoms with van der Waals surface area (Å²) >= 11 is 2.93. The van der Waals surface area contributed by atoms with Crippen LogP contribution in [0.15, 0.2) is 22.5 Å². The molecule has 7 nitrogen and oxygen atoms in total. The largest absolute Gasteiger partial charge is 0.378 e. The summed E-state index contributed by atoms with van der Waals surface area (Å²) < 4.78 is 7.03. The second kappa shape index (κ2) is 8.28. The van der Waals surface area contributed by atoms with Crippen LogP contribution in [0.2, 0.25) is 0 Å². The molecule has 30 heavy (non-hydrogen) atoms. The third-order valence-electron chi connectivity index (χ3n) is 6.13. The number of carbonyl (C=O) groups excluding carboxylic acids is 3. The van der Waals surface area contributed by atoms with Gasteiger partial charge in [0.25, 0.3) is 0 Å². The van der Waals surface area contributed by atoms with Gasteiger partial charge >= 0.3 is 0 Å². The Balaban J connectivity index is 1.31. The molecule has 3 aliphatic rings. The maximum absolute atomic E-state index is 12.9. The predicted molar refractivity (Wildman–Crippen MR) is 116 cm³/mol. The lowest BCUT2D eigenvalue weighted by Crippen LogP contribution is -2.41. The Hall–Kier alpha value is -1.97. The van der Waals surface area contributed by atoms with E-state index in [2.05, 4.69) is 4.98 Å². The van der Waals surface area contributed by atoms with Crippen LogP contribution in [-0.4, -0.2) is 59.7 Å². The first-order valence-electron chi connectivity index (χ1n) is 10.4. The molecule has 2 atom stereocenters. The zero-order chi connectivity index (χ0) is 20.7. The summed E-state index contributed by atoms with van der Waals surface area (Å²) in [6.07, 6.45) is 3.66. The predicted octanol–water partition coefficient (Wildman–Crippen LogP) is 2.93. The molecule has 1 aliphatic carbocycles. The number of imide groups is 1. The SMILES string of the molecule is O=C(CSc1nc2ccc(N3C(=O)C4CCCCC4C3=O)cc2s1)N1CCOCC1. The van der Waals surface area contributed by atoms with Gasteiger partial charge in [0.05, 0.1) is 46.7 Å². The fourth-order valence-electron chi connectivity index (χ4n) is 4.54. The van der Waals surface area contributed by atoms with Crippen LogP contribution in [0.3, 0.4) is 0 Å². The molecule has 3 fully saturated rings. The number of anilines is 1. The molecule has 1 saturated carbocycles. The van der Waals surface area contributed by atoms with Gasteiger partial charge in [-0.1, -0.05) is 24.6 Å². The van der Waals surface area contributed by atoms with Crippen molar-refractivity contribution < 1.29 is 19.1 Å². The van der Waals surface area contributed by atoms with Crippen molar-refractivity contribution in [1.29, 1.82) is 0 Å². The van der Waals surface area contributed by atoms with Crippen LogP contribution in [0.1, 0.15) is 25.7 Å². The fourth-order valence-corrected chi connectivity index (χ4v) is 6.54. The molecule has 2 saturated heterocycles. The standard InChI is InChI=1S/C21H23N3O4S2/c25-18(23-7-9-28-10-8-23)12-29-21-22-16-6-5-13(11-17(16)30-21)24-19(26)14-3-1-2-4-15(14)20(24)27/h5-6,11,14-15H,1-4,7-10,12H2. The molecule has 9 heteroatoms. The Morgan fingerprint density at radius 3 is 2.53 bits per heavy atom. The Morgan fingerprint density at radius 1 is 1.13 bits per heavy atom. The van der Waals surface area contributed by atoms with Crippen molar-refractivity contribution in [3.8, 4) is 0 Å². The highest BCUT2D eigenvalue weighted by Gasteiger charge is 2.48. The van der Waals surface area contributed by atoms with E-state index in [1.165, 1.54) is 28.0 Å². The van der Waals surface area contributed by atoms with Crippen molar-refractivity contribution in [3.05, 3.63) is 18.2 Å². The number of thioether (sulfide) groups is 1. The summed E-state index contributed by atoms with van der Waals surface area (Å²) in [5.41, 5.74) is 1.46. The lowest BCUT2D eigenvalue weighted by molar-refractivity contribution is -0.132. The number of ether oxygens (including phenoxy) is 1. The maximum Gasteiger partial charge on any atom is 0.237 e. The summed E-state index contributed by atoms with van der Waals surface area (Å²) in [5, 5.41) is 0. The van der Waals surface area contributed by atoms with Gasteiger partial charge in [0.15, 0.2) is 4.34 Å². The average Bonchev–Trinajstić information content (AvgIpc) is 3.30. The molecule has 2 aromatic rings. The first-order valence-corrected chi connectivity index (χ1v) is 12.2. The Bertz CT molecular complexity index is 977. The van der Waals surface area contributed by atoms with Gasteiger partial charge in [-0.2, -0.15) is 0 Å². The summed E-state index contributed by atoms with van der Waals surface area (Å²) in [7, 11) is 0. The quantitative estimate of drug-likeness (QED) is 0.532. The van der Waals surface area contributed by atoms with Gasteiger partial charge < -0.3 is 9.64 Å². The molecule has 0 bridgehead atoms. The van der Waals surface area contributed by atoms with Gasteiger partial charge in [0.1, 0.15) is 0 Å². The number of hydrogen-bond donors (Lipinski definition) is 0. The highest BCUT2D eigenvalue weighted by molar-refractivity contribution is 8.01. The number of rotatable bonds is 4. The summed E-state index contributed by atoms with van der Waals surface area (Å²) in [6.45, 7) is 2.47. The Kier molecular flexibility index (Phi) is 5.51. The smallest absolute Gasteiger partial charge is 0.237 e. The monoisotopic (exact) mass is 445 g/mol. The number of benzene rings is 1. The minimum absolute atomic E-state index is 0.0562. The van der Waals surface area contributed by atoms with E-state index < -0.39 is 0 Å². The molecule has 2 unspecified atom stereocenters. The first-order chi connectivity index (χ1) is 14.6. The van der Waals surface area contributed by atoms with Crippen LogP contribution in [0.25, 0.3) is 10.2 Å². The first kappa shape index (κ1) is 20.0. The van der Waals surface area contributed by atoms with Gasteiger partial charge in [-0.25, -0.2) is 4.98 Å². The summed E-state index contributed by atoms with van der Waals surface area (Å²) in [6, 6.07) is 5.55. The topological polar surface area (TPSA) is 79.8 Å². The van der Waals surface area contributed by atoms with Crippen molar-refractivity contribution in [2.75, 3.05) is 37.0 Å². The summed E-state index contributed by atoms with van der Waals surface area (Å²) in [4.78, 5) is 45.9. The molecule has 2 aliphatic heterocycles. The van der Waals surface area contributed by atoms with Crippen molar-refractivity contribution >= 4 is 56.7 Å². The third kappa shape index (κ3) is 3.63. The van der Waals surface area contributed by atoms with Gasteiger partial charge in [-0.15, -0.1) is 11.3 Å². The van der Waals surface area contributed by atoms with E-state index >= 15 is 0 Å². The molecule has 1 aromatic heterocycles. The van der Waals surface area contributed by atoms with Crippen LogP contribution >= 0.6 is 23.1 Å². The zero-order valence-corrected chi connectivity index (χ0v) is 18.2. The molecular formula is C21H23N3O4S2. The van der Waals surface area contributed by atoms with Crippen molar-refractivity contribution in [1.82, 2.24) is 9.88 Å². The summed E-state index contributed by atoms with van der Waals surface area (Å²) in [5.74, 6) is 0.0261. The van der Waals surface area contributed by atoms with Gasteiger partial charge in [0.2, 0.25) is 17.7 Å². The molecule has 0 spiro atoms. The van der Waals surface area contributed by atoms with E-state index in [1.54, 1.807) is 0 Å². The van der Waals surface area contributed by atoms with E-state index in [0.29, 0.717) is 37.7 Å². The second-order valence-electron chi connectivity index (χ2n) is 7.92. The lowest BCUT2D eigenvalue weighted by atomic mass is 9.81. The van der Waals surface area contributed by atoms with Crippen molar-refractivity contribution in [2.24, 2.45) is 11.8 Å². The van der Waals surface area contributed by atoms with Crippen molar-refractivity contribution in [2.45, 2.75) is 30.0 Å². The number of hydrogen-bond acceptors (Lipinski definition) is 7. The molecule has 3 heterocycles. The van der Waals surface area contributed by atoms with Crippen LogP contribution in [-0.2, 0) is 19.1 Å². The number of aromatic nitrogens is 1. The molecule has 158 valence electrons. The molecule has 0 N–H and O–H groups in total. The third-order valence-corrected chi connectivity index (χ3v) is 8.28. The normalized spacial score (nSPS) is 24.5. The minimum Gasteiger partial charge on any atom is -0.378 e. The van der Waals surface area contributed by atoms with E-state index in [9.17, 15) is 14.4 Å². The molecule has 0 radical (unpaired) electrons. The van der Waals surface area contributed by atoms with E-state index in [4.69, 9.17) is 4.74 Å². The van der Waals surface area contributed by atoms with Gasteiger partial charge in [0, 0.05) is 13.1 Å². The minimum atomic E-state index is -0.152. The van der Waals surface area contributed by atoms with E-state index in [1.807, 2.05) is 23.1 Å². The second-order valence-corrected chi connectivity index (χ2v) is 10.2. The molecule has 3 amide bonds. The Morgan fingerprint density at radius 2 is 1.83 bits per heavy atom. The van der Waals surface area contributed by atoms with Crippen LogP contribution in [0, 0.1) is 11.8 Å². The number of carbonyl (C=O) groups is 3. The number of fused-ring (bicyclic) bond motifs is 2. The molecular weight excluding hydrogens is 422 g/mol. The maximum atomic E-state index is 12.9. The lowest BCUT2D eigenvalue weighted by Gasteiger charge is -2.26. The van der Waals surface area contributed by atoms with Gasteiger partial charge in [-0.05, 0) is 31.0 Å². The van der Waals surface area contributed by atoms with Crippen molar-refractivity contribution in [3.63, 3.8) is 0 Å². The number of nitrogens with zero attached hydrogens (tertiary/aromatic N) is 3. The Labute approximate surface area is 182 Å².